The predicted octanol–water partition coefficient (Wildman–Crippen LogP) is 31.9. The fourth-order valence-corrected chi connectivity index (χ4v) is 17.2. The molecular weight excluding hydrogens is 1530 g/mol. The number of hydrogen-bond donors (Lipinski definition) is 0. The van der Waals surface area contributed by atoms with Crippen molar-refractivity contribution in [3.05, 3.63) is 411 Å². The highest BCUT2D eigenvalue weighted by Gasteiger charge is 2.35. The lowest BCUT2D eigenvalue weighted by molar-refractivity contribution is -0.138. The van der Waals surface area contributed by atoms with Crippen LogP contribution in [0.2, 0.25) is 0 Å². The third-order valence-electron chi connectivity index (χ3n) is 22.4. The summed E-state index contributed by atoms with van der Waals surface area (Å²) in [6, 6.07) is 117. The molecule has 2 aromatic heterocycles. The van der Waals surface area contributed by atoms with Crippen LogP contribution in [0.5, 0.6) is 0 Å². The lowest BCUT2D eigenvalue weighted by atomic mass is 9.84. The molecule has 0 fully saturated rings. The van der Waals surface area contributed by atoms with E-state index >= 15 is 0 Å². The van der Waals surface area contributed by atoms with Crippen LogP contribution in [0.3, 0.4) is 0 Å². The molecule has 0 radical (unpaired) electrons. The molecule has 0 unspecified atom stereocenters. The van der Waals surface area contributed by atoms with E-state index < -0.39 is 47.0 Å². The zero-order valence-corrected chi connectivity index (χ0v) is 63.3. The molecule has 0 saturated carbocycles. The van der Waals surface area contributed by atoms with Crippen molar-refractivity contribution in [1.82, 2.24) is 9.13 Å². The van der Waals surface area contributed by atoms with E-state index in [1.165, 1.54) is 48.5 Å². The van der Waals surface area contributed by atoms with Gasteiger partial charge in [0.05, 0.1) is 50.0 Å². The molecule has 20 rings (SSSR count). The number of alkyl halides is 12. The van der Waals surface area contributed by atoms with Gasteiger partial charge in [0.1, 0.15) is 0 Å². The molecule has 4 nitrogen and oxygen atoms in total. The molecule has 2 heterocycles. The Labute approximate surface area is 679 Å². The van der Waals surface area contributed by atoms with E-state index in [0.717, 1.165) is 186 Å². The number of para-hydroxylation sites is 6. The maximum atomic E-state index is 13.9. The van der Waals surface area contributed by atoms with Gasteiger partial charge in [-0.3, -0.25) is 0 Å². The van der Waals surface area contributed by atoms with Crippen LogP contribution in [0, 0.1) is 0 Å². The highest BCUT2D eigenvalue weighted by Crippen LogP contribution is 2.53. The number of benzene rings is 18. The Balaban J connectivity index is 0.000000159. The van der Waals surface area contributed by atoms with Crippen LogP contribution in [0.4, 0.5) is 86.8 Å². The molecule has 0 N–H and O–H groups in total. The average molecular weight is 1600 g/mol. The molecule has 0 aliphatic carbocycles. The van der Waals surface area contributed by atoms with Crippen molar-refractivity contribution in [3.8, 4) is 55.9 Å². The summed E-state index contributed by atoms with van der Waals surface area (Å²) in [5.41, 5.74) is 13.2. The zero-order chi connectivity index (χ0) is 82.3. The molecule has 16 heteroatoms. The van der Waals surface area contributed by atoms with E-state index in [0.29, 0.717) is 38.9 Å². The molecule has 0 spiro atoms. The molecule has 0 atom stereocenters. The quantitative estimate of drug-likeness (QED) is 0.0895. The van der Waals surface area contributed by atoms with Crippen LogP contribution in [0.1, 0.15) is 22.3 Å². The van der Waals surface area contributed by atoms with Crippen molar-refractivity contribution >= 4 is 121 Å². The fraction of sp³-hybridized carbons (Fsp3) is 0.0385. The normalized spacial score (nSPS) is 12.2. The second-order valence-electron chi connectivity index (χ2n) is 29.4. The van der Waals surface area contributed by atoms with Crippen molar-refractivity contribution in [3.63, 3.8) is 0 Å². The van der Waals surface area contributed by atoms with Gasteiger partial charge in [0.15, 0.2) is 0 Å². The SMILES string of the molecule is FC(F)(F)c1ccc(-c2c3ccccc3c(-c3ccc(C(F)(F)F)cc3)c3c(N(c4ccccc4)c4ccc5c(c4)c4ccccc4n5-c4ccccc4)cccc23)cc1.FC(F)(F)c1ccc(-c2c3ccccc3c(-c3ccc(C(F)(F)F)cc3)c3cc(N(c4ccccc4)c4ccc5c(c4)c4ccccc4n5-c4ccccc4)ccc23)cc1. The molecule has 0 bridgehead atoms. The van der Waals surface area contributed by atoms with E-state index in [1.54, 1.807) is 0 Å². The minimum Gasteiger partial charge on any atom is -0.310 e. The zero-order valence-electron chi connectivity index (χ0n) is 63.3. The summed E-state index contributed by atoms with van der Waals surface area (Å²) < 4.78 is 171. The second kappa shape index (κ2) is 29.8. The first-order valence-electron chi connectivity index (χ1n) is 38.6. The number of aromatic nitrogens is 2. The standard InChI is InChI=1S/2C52H32F6N2/c53-51(54,55)35-26-22-33(23-27-35)48-41-17-7-8-18-42(41)49(34-24-28-36(29-25-34)52(56,57)58)50-43(48)19-11-21-47(50)59(37-12-3-1-4-13-37)39-30-31-46-44(32-39)40-16-9-10-20-45(40)60(46)38-14-5-2-6-15-38;53-51(54,55)35-23-19-33(20-24-35)49-42-16-7-8-17-43(42)50(34-21-25-36(26-22-34)52(56,57)58)46-32-39(27-29-44(46)49)59(37-11-3-1-4-12-37)40-28-30-48-45(31-40)41-15-9-10-18-47(41)60(48)38-13-5-2-6-14-38/h2*1-32H. The minimum atomic E-state index is -4.54. The van der Waals surface area contributed by atoms with E-state index in [1.807, 2.05) is 206 Å². The average Bonchev–Trinajstić information content (AvgIpc) is 0.883. The Morgan fingerprint density at radius 3 is 0.850 bits per heavy atom. The highest BCUT2D eigenvalue weighted by atomic mass is 19.4. The molecule has 20 aromatic rings. The van der Waals surface area contributed by atoms with Gasteiger partial charge < -0.3 is 18.9 Å². The third kappa shape index (κ3) is 13.6. The topological polar surface area (TPSA) is 16.3 Å². The van der Waals surface area contributed by atoms with Gasteiger partial charge in [-0.2, -0.15) is 52.7 Å². The van der Waals surface area contributed by atoms with Crippen molar-refractivity contribution in [2.75, 3.05) is 9.80 Å². The van der Waals surface area contributed by atoms with Crippen LogP contribution in [0.25, 0.3) is 143 Å². The third-order valence-corrected chi connectivity index (χ3v) is 22.4. The number of halogens is 12. The summed E-state index contributed by atoms with van der Waals surface area (Å²) in [7, 11) is 0. The smallest absolute Gasteiger partial charge is 0.310 e. The second-order valence-corrected chi connectivity index (χ2v) is 29.4. The van der Waals surface area contributed by atoms with Gasteiger partial charge in [-0.25, -0.2) is 0 Å². The summed E-state index contributed by atoms with van der Waals surface area (Å²) in [6.07, 6.45) is -18.1. The summed E-state index contributed by atoms with van der Waals surface area (Å²) in [5, 5.41) is 10.1. The number of anilines is 6. The van der Waals surface area contributed by atoms with Crippen molar-refractivity contribution < 1.29 is 52.7 Å². The van der Waals surface area contributed by atoms with Gasteiger partial charge in [-0.1, -0.05) is 224 Å². The number of rotatable bonds is 12. The Hall–Kier alpha value is -14.6. The highest BCUT2D eigenvalue weighted by molar-refractivity contribution is 6.26. The van der Waals surface area contributed by atoms with Crippen LogP contribution in [-0.2, 0) is 24.7 Å². The summed E-state index contributed by atoms with van der Waals surface area (Å²) in [6.45, 7) is 0. The van der Waals surface area contributed by atoms with E-state index in [9.17, 15) is 52.7 Å². The summed E-state index contributed by atoms with van der Waals surface area (Å²) >= 11 is 0. The number of nitrogens with zero attached hydrogens (tertiary/aromatic N) is 4. The van der Waals surface area contributed by atoms with E-state index in [-0.39, 0.29) is 0 Å². The Bertz CT molecular complexity index is 7210. The van der Waals surface area contributed by atoms with E-state index in [4.69, 9.17) is 0 Å². The van der Waals surface area contributed by atoms with E-state index in [2.05, 4.69) is 104 Å². The first-order chi connectivity index (χ1) is 58.1. The molecule has 120 heavy (non-hydrogen) atoms. The van der Waals surface area contributed by atoms with Gasteiger partial charge in [0.25, 0.3) is 0 Å². The Morgan fingerprint density at radius 1 is 0.183 bits per heavy atom. The predicted molar refractivity (Wildman–Crippen MR) is 463 cm³/mol. The Morgan fingerprint density at radius 2 is 0.458 bits per heavy atom. The van der Waals surface area contributed by atoms with Crippen molar-refractivity contribution in [1.29, 1.82) is 0 Å². The van der Waals surface area contributed by atoms with Crippen molar-refractivity contribution in [2.45, 2.75) is 24.7 Å². The van der Waals surface area contributed by atoms with Crippen LogP contribution in [0.15, 0.2) is 388 Å². The first kappa shape index (κ1) is 75.4. The monoisotopic (exact) mass is 1600 g/mol. The largest absolute Gasteiger partial charge is 0.416 e. The summed E-state index contributed by atoms with van der Waals surface area (Å²) in [4.78, 5) is 4.30. The maximum absolute atomic E-state index is 13.9. The molecular formula is C104H64F12N4. The molecule has 0 aliphatic heterocycles. The number of fused-ring (bicyclic) bond motifs is 10. The summed E-state index contributed by atoms with van der Waals surface area (Å²) in [5.74, 6) is 0. The van der Waals surface area contributed by atoms with Gasteiger partial charge >= 0.3 is 24.7 Å². The first-order valence-corrected chi connectivity index (χ1v) is 38.6. The minimum absolute atomic E-state index is 0.560. The molecule has 584 valence electrons. The Kier molecular flexibility index (Phi) is 18.7. The van der Waals surface area contributed by atoms with Gasteiger partial charge in [0.2, 0.25) is 0 Å². The van der Waals surface area contributed by atoms with Crippen LogP contribution < -0.4 is 9.80 Å². The lowest BCUT2D eigenvalue weighted by Crippen LogP contribution is -2.11. The van der Waals surface area contributed by atoms with Gasteiger partial charge in [-0.05, 0) is 246 Å². The molecule has 18 aromatic carbocycles. The van der Waals surface area contributed by atoms with Gasteiger partial charge in [0, 0.05) is 66.7 Å². The van der Waals surface area contributed by atoms with Crippen LogP contribution in [-0.4, -0.2) is 9.13 Å². The molecule has 0 amide bonds. The molecule has 0 saturated heterocycles. The maximum Gasteiger partial charge on any atom is 0.416 e. The molecule has 0 aliphatic rings. The van der Waals surface area contributed by atoms with Crippen molar-refractivity contribution in [2.24, 2.45) is 0 Å². The lowest BCUT2D eigenvalue weighted by Gasteiger charge is -2.29. The van der Waals surface area contributed by atoms with Gasteiger partial charge in [-0.15, -0.1) is 0 Å². The fourth-order valence-electron chi connectivity index (χ4n) is 17.2. The number of hydrogen-bond acceptors (Lipinski definition) is 2. The van der Waals surface area contributed by atoms with Crippen LogP contribution >= 0.6 is 0 Å².